The van der Waals surface area contributed by atoms with Gasteiger partial charge in [0.05, 0.1) is 16.7 Å². The van der Waals surface area contributed by atoms with Crippen LogP contribution in [0.15, 0.2) is 54.7 Å². The van der Waals surface area contributed by atoms with Gasteiger partial charge in [0.15, 0.2) is 0 Å². The number of carbonyl (C=O) groups is 3. The first kappa shape index (κ1) is 14.9. The van der Waals surface area contributed by atoms with Crippen LogP contribution in [0.5, 0.6) is 0 Å². The van der Waals surface area contributed by atoms with E-state index in [2.05, 4.69) is 4.98 Å². The van der Waals surface area contributed by atoms with Gasteiger partial charge in [0, 0.05) is 11.6 Å². The van der Waals surface area contributed by atoms with Gasteiger partial charge in [-0.15, -0.1) is 0 Å². The van der Waals surface area contributed by atoms with Gasteiger partial charge in [-0.25, -0.2) is 9.18 Å². The highest BCUT2D eigenvalue weighted by Crippen LogP contribution is 2.24. The molecule has 0 saturated heterocycles. The van der Waals surface area contributed by atoms with Gasteiger partial charge < -0.3 is 4.84 Å². The van der Waals surface area contributed by atoms with Crippen LogP contribution in [0.25, 0.3) is 10.9 Å². The van der Waals surface area contributed by atoms with Crippen molar-refractivity contribution in [1.82, 2.24) is 10.0 Å². The van der Waals surface area contributed by atoms with Crippen molar-refractivity contribution in [3.8, 4) is 0 Å². The van der Waals surface area contributed by atoms with E-state index in [0.29, 0.717) is 10.4 Å². The van der Waals surface area contributed by atoms with Crippen molar-refractivity contribution in [1.29, 1.82) is 0 Å². The third-order valence-corrected chi connectivity index (χ3v) is 3.83. The summed E-state index contributed by atoms with van der Waals surface area (Å²) in [5, 5.41) is 0.819. The zero-order valence-corrected chi connectivity index (χ0v) is 12.6. The summed E-state index contributed by atoms with van der Waals surface area (Å²) in [7, 11) is 0. The molecule has 122 valence electrons. The molecule has 3 aromatic rings. The van der Waals surface area contributed by atoms with Gasteiger partial charge in [0.1, 0.15) is 11.3 Å². The number of carbonyl (C=O) groups excluding carboxylic acids is 3. The summed E-state index contributed by atoms with van der Waals surface area (Å²) in [6, 6.07) is 11.9. The number of rotatable bonds is 2. The molecule has 1 aromatic heterocycles. The second-order valence-electron chi connectivity index (χ2n) is 5.36. The molecule has 0 bridgehead atoms. The molecule has 2 heterocycles. The summed E-state index contributed by atoms with van der Waals surface area (Å²) in [5.74, 6) is -2.88. The lowest BCUT2D eigenvalue weighted by Crippen LogP contribution is -2.32. The molecular formula is C18H9FN2O4. The second kappa shape index (κ2) is 5.48. The Balaban J connectivity index is 1.63. The van der Waals surface area contributed by atoms with E-state index in [1.54, 1.807) is 18.2 Å². The van der Waals surface area contributed by atoms with Crippen LogP contribution < -0.4 is 0 Å². The summed E-state index contributed by atoms with van der Waals surface area (Å²) in [6.07, 6.45) is 1.13. The molecule has 4 rings (SSSR count). The van der Waals surface area contributed by atoms with Crippen LogP contribution in [0, 0.1) is 5.82 Å². The first-order valence-electron chi connectivity index (χ1n) is 7.30. The summed E-state index contributed by atoms with van der Waals surface area (Å²) in [4.78, 5) is 45.5. The van der Waals surface area contributed by atoms with Crippen LogP contribution in [0.2, 0.25) is 0 Å². The number of imide groups is 1. The average Bonchev–Trinajstić information content (AvgIpc) is 2.87. The molecule has 1 aliphatic heterocycles. The van der Waals surface area contributed by atoms with Crippen LogP contribution in [-0.2, 0) is 4.84 Å². The van der Waals surface area contributed by atoms with Crippen LogP contribution in [-0.4, -0.2) is 27.8 Å². The van der Waals surface area contributed by atoms with E-state index in [1.165, 1.54) is 30.3 Å². The SMILES string of the molecule is O=C(ON1C(=O)c2ccccc2C1=O)c1cnc2c(F)cccc2c1. The molecule has 2 amide bonds. The summed E-state index contributed by atoms with van der Waals surface area (Å²) in [6.45, 7) is 0. The van der Waals surface area contributed by atoms with E-state index in [4.69, 9.17) is 4.84 Å². The number of para-hydroxylation sites is 1. The summed E-state index contributed by atoms with van der Waals surface area (Å²) < 4.78 is 13.6. The van der Waals surface area contributed by atoms with Crippen molar-refractivity contribution in [3.05, 3.63) is 77.2 Å². The number of halogens is 1. The van der Waals surface area contributed by atoms with Gasteiger partial charge in [-0.1, -0.05) is 29.3 Å². The summed E-state index contributed by atoms with van der Waals surface area (Å²) >= 11 is 0. The number of pyridine rings is 1. The molecule has 0 aliphatic carbocycles. The third kappa shape index (κ3) is 2.33. The first-order chi connectivity index (χ1) is 12.1. The minimum absolute atomic E-state index is 0.00495. The predicted molar refractivity (Wildman–Crippen MR) is 84.1 cm³/mol. The van der Waals surface area contributed by atoms with E-state index in [0.717, 1.165) is 6.20 Å². The highest BCUT2D eigenvalue weighted by Gasteiger charge is 2.38. The van der Waals surface area contributed by atoms with Crippen LogP contribution in [0.4, 0.5) is 4.39 Å². The monoisotopic (exact) mass is 336 g/mol. The van der Waals surface area contributed by atoms with Crippen molar-refractivity contribution in [2.45, 2.75) is 0 Å². The van der Waals surface area contributed by atoms with Crippen molar-refractivity contribution < 1.29 is 23.6 Å². The Hall–Kier alpha value is -3.61. The van der Waals surface area contributed by atoms with Crippen molar-refractivity contribution in [2.75, 3.05) is 0 Å². The lowest BCUT2D eigenvalue weighted by molar-refractivity contribution is -0.0584. The largest absolute Gasteiger partial charge is 0.365 e. The highest BCUT2D eigenvalue weighted by atomic mass is 19.1. The molecule has 2 aromatic carbocycles. The number of benzene rings is 2. The fourth-order valence-electron chi connectivity index (χ4n) is 2.62. The molecule has 7 heteroatoms. The van der Waals surface area contributed by atoms with Gasteiger partial charge in [-0.3, -0.25) is 14.6 Å². The zero-order chi connectivity index (χ0) is 17.6. The fourth-order valence-corrected chi connectivity index (χ4v) is 2.62. The van der Waals surface area contributed by atoms with E-state index in [-0.39, 0.29) is 22.2 Å². The molecule has 0 N–H and O–H groups in total. The normalized spacial score (nSPS) is 13.2. The number of hydrogen-bond donors (Lipinski definition) is 0. The quantitative estimate of drug-likeness (QED) is 0.673. The summed E-state index contributed by atoms with van der Waals surface area (Å²) in [5.41, 5.74) is 0.437. The lowest BCUT2D eigenvalue weighted by Gasteiger charge is -2.12. The number of hydroxylamine groups is 2. The van der Waals surface area contributed by atoms with Crippen LogP contribution in [0.1, 0.15) is 31.1 Å². The fraction of sp³-hybridized carbons (Fsp3) is 0. The molecule has 0 atom stereocenters. The van der Waals surface area contributed by atoms with Gasteiger partial charge in [-0.2, -0.15) is 0 Å². The molecule has 0 saturated carbocycles. The Morgan fingerprint density at radius 1 is 1.00 bits per heavy atom. The second-order valence-corrected chi connectivity index (χ2v) is 5.36. The van der Waals surface area contributed by atoms with Crippen molar-refractivity contribution >= 4 is 28.7 Å². The van der Waals surface area contributed by atoms with Crippen molar-refractivity contribution in [3.63, 3.8) is 0 Å². The Labute approximate surface area is 140 Å². The number of aromatic nitrogens is 1. The highest BCUT2D eigenvalue weighted by molar-refractivity contribution is 6.21. The predicted octanol–water partition coefficient (Wildman–Crippen LogP) is 2.74. The van der Waals surface area contributed by atoms with E-state index in [1.807, 2.05) is 0 Å². The molecule has 1 aliphatic rings. The smallest absolute Gasteiger partial charge is 0.324 e. The molecular weight excluding hydrogens is 327 g/mol. The van der Waals surface area contributed by atoms with E-state index in [9.17, 15) is 18.8 Å². The Bertz CT molecular complexity index is 1030. The molecule has 6 nitrogen and oxygen atoms in total. The van der Waals surface area contributed by atoms with E-state index < -0.39 is 23.6 Å². The first-order valence-corrected chi connectivity index (χ1v) is 7.30. The van der Waals surface area contributed by atoms with Gasteiger partial charge in [0.2, 0.25) is 0 Å². The minimum Gasteiger partial charge on any atom is -0.324 e. The van der Waals surface area contributed by atoms with Gasteiger partial charge >= 0.3 is 5.97 Å². The zero-order valence-electron chi connectivity index (χ0n) is 12.6. The topological polar surface area (TPSA) is 76.6 Å². The van der Waals surface area contributed by atoms with Gasteiger partial charge in [0.25, 0.3) is 11.8 Å². The maximum atomic E-state index is 13.6. The minimum atomic E-state index is -0.937. The molecule has 0 unspecified atom stereocenters. The standard InChI is InChI=1S/C18H9FN2O4/c19-14-7-3-4-10-8-11(9-20-15(10)14)18(24)25-21-16(22)12-5-1-2-6-13(12)17(21)23/h1-9H. The maximum absolute atomic E-state index is 13.6. The van der Waals surface area contributed by atoms with Crippen LogP contribution >= 0.6 is 0 Å². The molecule has 0 fully saturated rings. The lowest BCUT2D eigenvalue weighted by atomic mass is 10.1. The molecule has 0 radical (unpaired) electrons. The third-order valence-electron chi connectivity index (χ3n) is 3.83. The number of hydrogen-bond acceptors (Lipinski definition) is 5. The Morgan fingerprint density at radius 3 is 2.36 bits per heavy atom. The Kier molecular flexibility index (Phi) is 3.28. The number of nitrogens with zero attached hydrogens (tertiary/aromatic N) is 2. The number of fused-ring (bicyclic) bond motifs is 2. The Morgan fingerprint density at radius 2 is 1.68 bits per heavy atom. The van der Waals surface area contributed by atoms with Gasteiger partial charge in [-0.05, 0) is 24.3 Å². The maximum Gasteiger partial charge on any atom is 0.365 e. The number of amides is 2. The molecule has 25 heavy (non-hydrogen) atoms. The van der Waals surface area contributed by atoms with E-state index >= 15 is 0 Å². The van der Waals surface area contributed by atoms with Crippen LogP contribution in [0.3, 0.4) is 0 Å². The molecule has 0 spiro atoms. The van der Waals surface area contributed by atoms with Crippen molar-refractivity contribution in [2.24, 2.45) is 0 Å². The average molecular weight is 336 g/mol.